The van der Waals surface area contributed by atoms with Crippen molar-refractivity contribution in [2.75, 3.05) is 52.3 Å². The minimum absolute atomic E-state index is 0.0328. The molecule has 2 N–H and O–H groups in total. The van der Waals surface area contributed by atoms with Crippen molar-refractivity contribution in [3.63, 3.8) is 0 Å². The normalized spacial score (nSPS) is 12.2. The van der Waals surface area contributed by atoms with Gasteiger partial charge in [0.2, 0.25) is 5.91 Å². The van der Waals surface area contributed by atoms with E-state index in [1.807, 2.05) is 50.2 Å². The van der Waals surface area contributed by atoms with Gasteiger partial charge in [-0.3, -0.25) is 19.3 Å². The lowest BCUT2D eigenvalue weighted by Crippen LogP contribution is -2.33. The van der Waals surface area contributed by atoms with Gasteiger partial charge in [-0.2, -0.15) is 0 Å². The van der Waals surface area contributed by atoms with E-state index in [1.165, 1.54) is 19.1 Å². The van der Waals surface area contributed by atoms with Gasteiger partial charge in [-0.15, -0.1) is 0 Å². The van der Waals surface area contributed by atoms with E-state index in [4.69, 9.17) is 9.47 Å². The van der Waals surface area contributed by atoms with Gasteiger partial charge < -0.3 is 25.0 Å². The molecule has 0 aliphatic carbocycles. The lowest BCUT2D eigenvalue weighted by Gasteiger charge is -2.21. The van der Waals surface area contributed by atoms with E-state index >= 15 is 0 Å². The molecule has 9 heteroatoms. The van der Waals surface area contributed by atoms with Crippen LogP contribution in [0.2, 0.25) is 0 Å². The van der Waals surface area contributed by atoms with Gasteiger partial charge in [0.05, 0.1) is 13.2 Å². The maximum absolute atomic E-state index is 10.9. The molecule has 2 rings (SSSR count). The molecule has 0 fully saturated rings. The number of rotatable bonds is 12. The molecule has 3 amide bonds. The smallest absolute Gasteiger partial charge is 0.253 e. The Morgan fingerprint density at radius 2 is 1.78 bits per heavy atom. The largest absolute Gasteiger partial charge is 0.475 e. The van der Waals surface area contributed by atoms with Crippen molar-refractivity contribution in [1.29, 1.82) is 0 Å². The van der Waals surface area contributed by atoms with Gasteiger partial charge in [-0.05, 0) is 31.2 Å². The van der Waals surface area contributed by atoms with E-state index in [0.717, 1.165) is 16.2 Å². The van der Waals surface area contributed by atoms with Crippen molar-refractivity contribution >= 4 is 23.4 Å². The van der Waals surface area contributed by atoms with Crippen molar-refractivity contribution in [1.82, 2.24) is 15.1 Å². The van der Waals surface area contributed by atoms with Crippen molar-refractivity contribution in [3.8, 4) is 0 Å². The van der Waals surface area contributed by atoms with Crippen LogP contribution >= 0.6 is 0 Å². The SMILES string of the molecule is C=C(OCc1ccc(NC)cc1)N(C)CCNC(C)=O.CCOCCN1C(=O)C=CC1=O. The summed E-state index contributed by atoms with van der Waals surface area (Å²) in [7, 11) is 3.77. The van der Waals surface area contributed by atoms with E-state index in [1.54, 1.807) is 0 Å². The number of hydrogen-bond acceptors (Lipinski definition) is 7. The Kier molecular flexibility index (Phi) is 12.2. The first-order valence-electron chi connectivity index (χ1n) is 10.4. The number of nitrogens with one attached hydrogen (secondary N) is 2. The summed E-state index contributed by atoms with van der Waals surface area (Å²) in [4.78, 5) is 35.7. The van der Waals surface area contributed by atoms with Gasteiger partial charge in [-0.25, -0.2) is 0 Å². The fraction of sp³-hybridized carbons (Fsp3) is 0.435. The summed E-state index contributed by atoms with van der Waals surface area (Å²) in [5, 5.41) is 5.80. The molecule has 0 saturated heterocycles. The van der Waals surface area contributed by atoms with Gasteiger partial charge >= 0.3 is 0 Å². The van der Waals surface area contributed by atoms with E-state index in [9.17, 15) is 14.4 Å². The molecule has 0 atom stereocenters. The van der Waals surface area contributed by atoms with Crippen LogP contribution in [-0.2, 0) is 30.5 Å². The molecule has 0 saturated carbocycles. The van der Waals surface area contributed by atoms with Crippen LogP contribution in [0.25, 0.3) is 0 Å². The molecule has 176 valence electrons. The third-order valence-corrected chi connectivity index (χ3v) is 4.46. The number of anilines is 1. The van der Waals surface area contributed by atoms with Crippen LogP contribution in [0, 0.1) is 0 Å². The fourth-order valence-corrected chi connectivity index (χ4v) is 2.52. The number of carbonyl (C=O) groups is 3. The number of hydrogen-bond donors (Lipinski definition) is 2. The first kappa shape index (κ1) is 26.7. The predicted octanol–water partition coefficient (Wildman–Crippen LogP) is 1.73. The summed E-state index contributed by atoms with van der Waals surface area (Å²) < 4.78 is 10.6. The third kappa shape index (κ3) is 10.1. The first-order chi connectivity index (χ1) is 15.3. The highest BCUT2D eigenvalue weighted by atomic mass is 16.5. The van der Waals surface area contributed by atoms with Gasteiger partial charge in [0.1, 0.15) is 6.61 Å². The standard InChI is InChI=1S/C15H23N3O2.C8H11NO3/c1-12(19)17-9-10-18(4)13(2)20-11-14-5-7-15(16-3)8-6-14;1-2-12-6-5-9-7(10)3-4-8(9)11/h5-8,16H,2,9-11H2,1,3-4H3,(H,17,19);3-4H,2,5-6H2,1H3. The molecule has 9 nitrogen and oxygen atoms in total. The third-order valence-electron chi connectivity index (χ3n) is 4.46. The molecule has 32 heavy (non-hydrogen) atoms. The summed E-state index contributed by atoms with van der Waals surface area (Å²) in [6.07, 6.45) is 2.54. The topological polar surface area (TPSA) is 100 Å². The molecular formula is C23H34N4O5. The number of carbonyl (C=O) groups excluding carboxylic acids is 3. The Morgan fingerprint density at radius 1 is 1.16 bits per heavy atom. The molecule has 1 heterocycles. The van der Waals surface area contributed by atoms with Crippen molar-refractivity contribution in [2.24, 2.45) is 0 Å². The number of nitrogens with zero attached hydrogens (tertiary/aromatic N) is 2. The molecule has 1 aromatic carbocycles. The Balaban J connectivity index is 0.000000363. The van der Waals surface area contributed by atoms with Gasteiger partial charge in [0.25, 0.3) is 11.8 Å². The zero-order chi connectivity index (χ0) is 23.9. The highest BCUT2D eigenvalue weighted by Crippen LogP contribution is 2.11. The monoisotopic (exact) mass is 446 g/mol. The summed E-state index contributed by atoms with van der Waals surface area (Å²) in [5.74, 6) is 0.0574. The van der Waals surface area contributed by atoms with Gasteiger partial charge in [-0.1, -0.05) is 12.1 Å². The van der Waals surface area contributed by atoms with Crippen molar-refractivity contribution < 1.29 is 23.9 Å². The van der Waals surface area contributed by atoms with Crippen LogP contribution in [0.4, 0.5) is 5.69 Å². The molecule has 0 bridgehead atoms. The Hall–Kier alpha value is -3.33. The molecule has 1 aliphatic heterocycles. The zero-order valence-corrected chi connectivity index (χ0v) is 19.3. The van der Waals surface area contributed by atoms with Crippen LogP contribution in [0.3, 0.4) is 0 Å². The maximum atomic E-state index is 10.9. The molecular weight excluding hydrogens is 412 g/mol. The first-order valence-corrected chi connectivity index (χ1v) is 10.4. The second kappa shape index (κ2) is 14.6. The summed E-state index contributed by atoms with van der Waals surface area (Å²) >= 11 is 0. The summed E-state index contributed by atoms with van der Waals surface area (Å²) in [6.45, 7) is 10.3. The molecule has 1 aromatic rings. The summed E-state index contributed by atoms with van der Waals surface area (Å²) in [5.41, 5.74) is 2.15. The summed E-state index contributed by atoms with van der Waals surface area (Å²) in [6, 6.07) is 8.02. The van der Waals surface area contributed by atoms with Crippen LogP contribution in [0.15, 0.2) is 48.9 Å². The molecule has 0 unspecified atom stereocenters. The number of imide groups is 1. The number of benzene rings is 1. The average Bonchev–Trinajstić information content (AvgIpc) is 3.10. The lowest BCUT2D eigenvalue weighted by molar-refractivity contribution is -0.137. The van der Waals surface area contributed by atoms with Crippen molar-refractivity contribution in [2.45, 2.75) is 20.5 Å². The second-order valence-corrected chi connectivity index (χ2v) is 6.89. The highest BCUT2D eigenvalue weighted by Gasteiger charge is 2.22. The Morgan fingerprint density at radius 3 is 2.31 bits per heavy atom. The van der Waals surface area contributed by atoms with E-state index in [0.29, 0.717) is 45.3 Å². The number of ether oxygens (including phenoxy) is 2. The maximum Gasteiger partial charge on any atom is 0.253 e. The van der Waals surface area contributed by atoms with E-state index in [2.05, 4.69) is 17.2 Å². The van der Waals surface area contributed by atoms with E-state index < -0.39 is 0 Å². The molecule has 0 radical (unpaired) electrons. The number of likely N-dealkylation sites (N-methyl/N-ethyl adjacent to an activating group) is 1. The van der Waals surface area contributed by atoms with Crippen LogP contribution in [-0.4, -0.2) is 74.5 Å². The second-order valence-electron chi connectivity index (χ2n) is 6.89. The fourth-order valence-electron chi connectivity index (χ4n) is 2.52. The Labute approximate surface area is 190 Å². The quantitative estimate of drug-likeness (QED) is 0.287. The Bertz CT molecular complexity index is 774. The molecule has 1 aliphatic rings. The van der Waals surface area contributed by atoms with Crippen LogP contribution in [0.5, 0.6) is 0 Å². The molecule has 0 aromatic heterocycles. The minimum Gasteiger partial charge on any atom is -0.475 e. The van der Waals surface area contributed by atoms with Crippen molar-refractivity contribution in [3.05, 3.63) is 54.4 Å². The predicted molar refractivity (Wildman–Crippen MR) is 124 cm³/mol. The van der Waals surface area contributed by atoms with E-state index in [-0.39, 0.29) is 17.7 Å². The van der Waals surface area contributed by atoms with Crippen LogP contribution in [0.1, 0.15) is 19.4 Å². The highest BCUT2D eigenvalue weighted by molar-refractivity contribution is 6.12. The zero-order valence-electron chi connectivity index (χ0n) is 19.3. The van der Waals surface area contributed by atoms with Gasteiger partial charge in [0, 0.05) is 58.6 Å². The average molecular weight is 447 g/mol. The van der Waals surface area contributed by atoms with Crippen LogP contribution < -0.4 is 10.6 Å². The molecule has 0 spiro atoms. The minimum atomic E-state index is -0.250. The van der Waals surface area contributed by atoms with Gasteiger partial charge in [0.15, 0.2) is 5.88 Å². The number of amides is 3. The lowest BCUT2D eigenvalue weighted by atomic mass is 10.2.